The summed E-state index contributed by atoms with van der Waals surface area (Å²) in [6, 6.07) is 9.85. The molecule has 0 aliphatic heterocycles. The van der Waals surface area contributed by atoms with Crippen molar-refractivity contribution >= 4 is 10.8 Å². The molecule has 0 radical (unpaired) electrons. The monoisotopic (exact) mass is 168 g/mol. The van der Waals surface area contributed by atoms with Crippen LogP contribution in [0.5, 0.6) is 0 Å². The minimum absolute atomic E-state index is 0.470. The smallest absolute Gasteiger partial charge is 0.141 e. The second-order valence-electron chi connectivity index (χ2n) is 2.98. The summed E-state index contributed by atoms with van der Waals surface area (Å²) in [5.41, 5.74) is 1.66. The number of hydrogen-bond donors (Lipinski definition) is 0. The second-order valence-corrected chi connectivity index (χ2v) is 2.98. The van der Waals surface area contributed by atoms with Crippen LogP contribution < -0.4 is 0 Å². The lowest BCUT2D eigenvalue weighted by molar-refractivity contribution is 1.28. The first kappa shape index (κ1) is 7.75. The molecule has 2 nitrogen and oxygen atoms in total. The van der Waals surface area contributed by atoms with Crippen LogP contribution >= 0.6 is 0 Å². The molecule has 0 fully saturated rings. The molecule has 0 atom stereocenters. The van der Waals surface area contributed by atoms with E-state index in [4.69, 9.17) is 5.26 Å². The summed E-state index contributed by atoms with van der Waals surface area (Å²) in [6.07, 6.45) is 1.75. The van der Waals surface area contributed by atoms with Crippen molar-refractivity contribution < 1.29 is 0 Å². The van der Waals surface area contributed by atoms with Crippen molar-refractivity contribution in [3.8, 4) is 6.07 Å². The highest BCUT2D eigenvalue weighted by Gasteiger charge is 1.98. The van der Waals surface area contributed by atoms with E-state index in [9.17, 15) is 0 Å². The van der Waals surface area contributed by atoms with E-state index in [0.717, 1.165) is 10.8 Å². The van der Waals surface area contributed by atoms with Crippen LogP contribution in [0.25, 0.3) is 10.8 Å². The number of nitrogens with zero attached hydrogens (tertiary/aromatic N) is 2. The minimum Gasteiger partial charge on any atom is -0.245 e. The Morgan fingerprint density at radius 1 is 1.38 bits per heavy atom. The topological polar surface area (TPSA) is 36.7 Å². The van der Waals surface area contributed by atoms with E-state index < -0.39 is 0 Å². The quantitative estimate of drug-likeness (QED) is 0.605. The van der Waals surface area contributed by atoms with Gasteiger partial charge in [-0.1, -0.05) is 18.2 Å². The fourth-order valence-electron chi connectivity index (χ4n) is 1.39. The molecule has 62 valence electrons. The first-order valence-electron chi connectivity index (χ1n) is 4.07. The molecule has 0 unspecified atom stereocenters. The van der Waals surface area contributed by atoms with Crippen LogP contribution in [0.2, 0.25) is 0 Å². The van der Waals surface area contributed by atoms with E-state index in [1.807, 2.05) is 37.3 Å². The molecule has 1 aromatic heterocycles. The molecule has 0 amide bonds. The van der Waals surface area contributed by atoms with Crippen LogP contribution in [0.3, 0.4) is 0 Å². The van der Waals surface area contributed by atoms with Gasteiger partial charge in [0.1, 0.15) is 11.8 Å². The first-order valence-corrected chi connectivity index (χ1v) is 4.07. The molecule has 1 heterocycles. The summed E-state index contributed by atoms with van der Waals surface area (Å²) in [4.78, 5) is 4.03. The van der Waals surface area contributed by atoms with Gasteiger partial charge in [-0.3, -0.25) is 0 Å². The Morgan fingerprint density at radius 3 is 3.00 bits per heavy atom. The molecular weight excluding hydrogens is 160 g/mol. The summed E-state index contributed by atoms with van der Waals surface area (Å²) in [5.74, 6) is 0. The van der Waals surface area contributed by atoms with E-state index in [-0.39, 0.29) is 0 Å². The molecule has 2 rings (SSSR count). The van der Waals surface area contributed by atoms with Gasteiger partial charge in [0.2, 0.25) is 0 Å². The number of aromatic nitrogens is 1. The SMILES string of the molecule is Cc1cccc2cc(C#N)ncc12. The molecule has 13 heavy (non-hydrogen) atoms. The number of rotatable bonds is 0. The molecule has 0 aliphatic rings. The predicted octanol–water partition coefficient (Wildman–Crippen LogP) is 2.41. The van der Waals surface area contributed by atoms with E-state index >= 15 is 0 Å². The van der Waals surface area contributed by atoms with E-state index in [1.54, 1.807) is 6.20 Å². The Kier molecular flexibility index (Phi) is 1.71. The normalized spacial score (nSPS) is 9.85. The van der Waals surface area contributed by atoms with Crippen molar-refractivity contribution in [2.24, 2.45) is 0 Å². The Balaban J connectivity index is 2.82. The molecule has 0 aliphatic carbocycles. The second kappa shape index (κ2) is 2.87. The molecule has 0 spiro atoms. The lowest BCUT2D eigenvalue weighted by Crippen LogP contribution is -1.84. The van der Waals surface area contributed by atoms with Crippen molar-refractivity contribution in [2.75, 3.05) is 0 Å². The van der Waals surface area contributed by atoms with Crippen LogP contribution in [-0.2, 0) is 0 Å². The Hall–Kier alpha value is -1.88. The van der Waals surface area contributed by atoms with Gasteiger partial charge < -0.3 is 0 Å². The Morgan fingerprint density at radius 2 is 2.23 bits per heavy atom. The van der Waals surface area contributed by atoms with Crippen molar-refractivity contribution in [2.45, 2.75) is 6.92 Å². The summed E-state index contributed by atoms with van der Waals surface area (Å²) < 4.78 is 0. The molecule has 0 N–H and O–H groups in total. The van der Waals surface area contributed by atoms with Gasteiger partial charge in [0.15, 0.2) is 0 Å². The maximum absolute atomic E-state index is 8.65. The number of nitriles is 1. The van der Waals surface area contributed by atoms with Crippen molar-refractivity contribution in [1.29, 1.82) is 5.26 Å². The lowest BCUT2D eigenvalue weighted by atomic mass is 10.1. The van der Waals surface area contributed by atoms with Gasteiger partial charge in [0.25, 0.3) is 0 Å². The predicted molar refractivity (Wildman–Crippen MR) is 51.2 cm³/mol. The average Bonchev–Trinajstić information content (AvgIpc) is 2.18. The lowest BCUT2D eigenvalue weighted by Gasteiger charge is -2.00. The summed E-state index contributed by atoms with van der Waals surface area (Å²) in [7, 11) is 0. The highest BCUT2D eigenvalue weighted by molar-refractivity contribution is 5.85. The fourth-order valence-corrected chi connectivity index (χ4v) is 1.39. The van der Waals surface area contributed by atoms with Gasteiger partial charge in [-0.2, -0.15) is 5.26 Å². The zero-order valence-electron chi connectivity index (χ0n) is 7.28. The molecule has 2 heteroatoms. The third-order valence-electron chi connectivity index (χ3n) is 2.10. The van der Waals surface area contributed by atoms with Crippen molar-refractivity contribution in [3.63, 3.8) is 0 Å². The van der Waals surface area contributed by atoms with Gasteiger partial charge in [-0.25, -0.2) is 4.98 Å². The van der Waals surface area contributed by atoms with Crippen molar-refractivity contribution in [1.82, 2.24) is 4.98 Å². The van der Waals surface area contributed by atoms with E-state index in [2.05, 4.69) is 4.98 Å². The van der Waals surface area contributed by atoms with Crippen LogP contribution in [0, 0.1) is 18.3 Å². The van der Waals surface area contributed by atoms with Crippen LogP contribution in [0.1, 0.15) is 11.3 Å². The van der Waals surface area contributed by atoms with Crippen LogP contribution in [0.4, 0.5) is 0 Å². The first-order chi connectivity index (χ1) is 6.31. The number of aryl methyl sites for hydroxylation is 1. The number of hydrogen-bond acceptors (Lipinski definition) is 2. The highest BCUT2D eigenvalue weighted by atomic mass is 14.7. The Labute approximate surface area is 76.5 Å². The molecule has 0 bridgehead atoms. The fraction of sp³-hybridized carbons (Fsp3) is 0.0909. The molecular formula is C11H8N2. The van der Waals surface area contributed by atoms with E-state index in [0.29, 0.717) is 5.69 Å². The molecule has 0 saturated carbocycles. The minimum atomic E-state index is 0.470. The standard InChI is InChI=1S/C11H8N2/c1-8-3-2-4-9-5-10(6-12)13-7-11(8)9/h2-5,7H,1H3. The number of benzene rings is 1. The molecule has 2 aromatic rings. The Bertz CT molecular complexity index is 495. The van der Waals surface area contributed by atoms with Gasteiger partial charge >= 0.3 is 0 Å². The highest BCUT2D eigenvalue weighted by Crippen LogP contribution is 2.17. The van der Waals surface area contributed by atoms with Gasteiger partial charge in [-0.15, -0.1) is 0 Å². The summed E-state index contributed by atoms with van der Waals surface area (Å²) in [6.45, 7) is 2.04. The number of fused-ring (bicyclic) bond motifs is 1. The van der Waals surface area contributed by atoms with Crippen molar-refractivity contribution in [3.05, 3.63) is 41.7 Å². The largest absolute Gasteiger partial charge is 0.245 e. The maximum Gasteiger partial charge on any atom is 0.141 e. The average molecular weight is 168 g/mol. The number of pyridine rings is 1. The van der Waals surface area contributed by atoms with Gasteiger partial charge in [-0.05, 0) is 23.9 Å². The third kappa shape index (κ3) is 1.25. The van der Waals surface area contributed by atoms with Gasteiger partial charge in [0.05, 0.1) is 0 Å². The van der Waals surface area contributed by atoms with Crippen LogP contribution in [0.15, 0.2) is 30.5 Å². The zero-order chi connectivity index (χ0) is 9.26. The van der Waals surface area contributed by atoms with E-state index in [1.165, 1.54) is 5.56 Å². The maximum atomic E-state index is 8.65. The van der Waals surface area contributed by atoms with Gasteiger partial charge in [0, 0.05) is 11.6 Å². The van der Waals surface area contributed by atoms with Crippen LogP contribution in [-0.4, -0.2) is 4.98 Å². The molecule has 0 saturated heterocycles. The summed E-state index contributed by atoms with van der Waals surface area (Å²) in [5, 5.41) is 10.8. The summed E-state index contributed by atoms with van der Waals surface area (Å²) >= 11 is 0. The molecule has 1 aromatic carbocycles. The third-order valence-corrected chi connectivity index (χ3v) is 2.10. The zero-order valence-corrected chi connectivity index (χ0v) is 7.28.